The third-order valence-corrected chi connectivity index (χ3v) is 8.57. The van der Waals surface area contributed by atoms with Crippen LogP contribution in [-0.2, 0) is 16.6 Å². The van der Waals surface area contributed by atoms with E-state index in [1.165, 1.54) is 28.6 Å². The molecule has 0 spiro atoms. The third kappa shape index (κ3) is 5.67. The van der Waals surface area contributed by atoms with E-state index in [9.17, 15) is 12.8 Å². The van der Waals surface area contributed by atoms with E-state index in [0.717, 1.165) is 11.1 Å². The van der Waals surface area contributed by atoms with Crippen LogP contribution in [0, 0.1) is 12.7 Å². The lowest BCUT2D eigenvalue weighted by Crippen LogP contribution is -2.47. The molecule has 198 valence electrons. The first-order valence-electron chi connectivity index (χ1n) is 12.2. The number of sulfonamides is 1. The number of nitrogens with zero attached hydrogens (tertiary/aromatic N) is 2. The predicted octanol–water partition coefficient (Wildman–Crippen LogP) is 5.02. The molecule has 0 amide bonds. The topological polar surface area (TPSA) is 68.3 Å². The highest BCUT2D eigenvalue weighted by atomic mass is 32.2. The molecule has 0 N–H and O–H groups in total. The summed E-state index contributed by atoms with van der Waals surface area (Å²) >= 11 is 0. The largest absolute Gasteiger partial charge is 0.493 e. The Labute approximate surface area is 218 Å². The molecule has 1 saturated heterocycles. The Kier molecular flexibility index (Phi) is 8.24. The van der Waals surface area contributed by atoms with E-state index in [-0.39, 0.29) is 10.9 Å². The number of piperidine rings is 1. The fraction of sp³-hybridized carbons (Fsp3) is 0.357. The van der Waals surface area contributed by atoms with Crippen LogP contribution in [0.15, 0.2) is 65.6 Å². The van der Waals surface area contributed by atoms with E-state index in [4.69, 9.17) is 14.2 Å². The van der Waals surface area contributed by atoms with E-state index in [1.807, 2.05) is 25.1 Å². The van der Waals surface area contributed by atoms with Crippen molar-refractivity contribution >= 4 is 15.7 Å². The smallest absolute Gasteiger partial charge is 0.264 e. The monoisotopic (exact) mass is 528 g/mol. The van der Waals surface area contributed by atoms with Gasteiger partial charge in [0.15, 0.2) is 11.5 Å². The van der Waals surface area contributed by atoms with Crippen molar-refractivity contribution in [2.45, 2.75) is 37.2 Å². The second kappa shape index (κ2) is 11.4. The maximum Gasteiger partial charge on any atom is 0.264 e. The number of halogens is 1. The molecule has 4 rings (SSSR count). The van der Waals surface area contributed by atoms with Crippen molar-refractivity contribution < 1.29 is 27.0 Å². The van der Waals surface area contributed by atoms with Crippen molar-refractivity contribution in [3.63, 3.8) is 0 Å². The van der Waals surface area contributed by atoms with Crippen molar-refractivity contribution in [3.8, 4) is 17.2 Å². The molecule has 3 aromatic carbocycles. The van der Waals surface area contributed by atoms with Crippen molar-refractivity contribution in [1.29, 1.82) is 0 Å². The molecule has 0 unspecified atom stereocenters. The minimum Gasteiger partial charge on any atom is -0.493 e. The summed E-state index contributed by atoms with van der Waals surface area (Å²) in [6.07, 6.45) is 1.25. The van der Waals surface area contributed by atoms with Gasteiger partial charge in [0.1, 0.15) is 5.82 Å². The number of anilines is 1. The Hall–Kier alpha value is -3.30. The first-order chi connectivity index (χ1) is 17.8. The average molecular weight is 529 g/mol. The number of hydrogen-bond donors (Lipinski definition) is 0. The second-order valence-electron chi connectivity index (χ2n) is 9.09. The van der Waals surface area contributed by atoms with Crippen LogP contribution >= 0.6 is 0 Å². The maximum atomic E-state index is 13.8. The van der Waals surface area contributed by atoms with Gasteiger partial charge in [0.25, 0.3) is 10.0 Å². The normalized spacial score (nSPS) is 14.8. The Bertz CT molecular complexity index is 1320. The van der Waals surface area contributed by atoms with Crippen molar-refractivity contribution in [1.82, 2.24) is 4.90 Å². The summed E-state index contributed by atoms with van der Waals surface area (Å²) in [6.45, 7) is 3.85. The molecule has 9 heteroatoms. The molecule has 1 fully saturated rings. The standard InChI is InChI=1S/C28H33FN2O5S/c1-20-6-5-7-25(18-20)37(32,33)31(23-11-9-22(29)10-12-23)24-14-16-30(17-15-24)19-21-8-13-26(34-2)28(36-4)27(21)35-3/h5-13,18,24H,14-17,19H2,1-4H3. The molecular weight excluding hydrogens is 495 g/mol. The van der Waals surface area contributed by atoms with Crippen LogP contribution in [0.25, 0.3) is 0 Å². The average Bonchev–Trinajstić information content (AvgIpc) is 2.90. The lowest BCUT2D eigenvalue weighted by atomic mass is 10.0. The highest BCUT2D eigenvalue weighted by molar-refractivity contribution is 7.92. The van der Waals surface area contributed by atoms with Crippen LogP contribution in [0.2, 0.25) is 0 Å². The van der Waals surface area contributed by atoms with Crippen LogP contribution in [0.4, 0.5) is 10.1 Å². The van der Waals surface area contributed by atoms with Crippen LogP contribution < -0.4 is 18.5 Å². The first-order valence-corrected chi connectivity index (χ1v) is 13.6. The second-order valence-corrected chi connectivity index (χ2v) is 10.9. The summed E-state index contributed by atoms with van der Waals surface area (Å²) in [7, 11) is 0.911. The number of hydrogen-bond acceptors (Lipinski definition) is 6. The molecule has 7 nitrogen and oxygen atoms in total. The number of methoxy groups -OCH3 is 3. The summed E-state index contributed by atoms with van der Waals surface area (Å²) in [5.74, 6) is 1.36. The highest BCUT2D eigenvalue weighted by Gasteiger charge is 2.34. The molecule has 0 aliphatic carbocycles. The maximum absolute atomic E-state index is 13.8. The Morgan fingerprint density at radius 2 is 1.59 bits per heavy atom. The fourth-order valence-corrected chi connectivity index (χ4v) is 6.68. The quantitative estimate of drug-likeness (QED) is 0.389. The van der Waals surface area contributed by atoms with E-state index in [0.29, 0.717) is 55.4 Å². The Morgan fingerprint density at radius 1 is 0.919 bits per heavy atom. The van der Waals surface area contributed by atoms with Crippen LogP contribution in [-0.4, -0.2) is 53.8 Å². The van der Waals surface area contributed by atoms with Gasteiger partial charge in [-0.05, 0) is 67.8 Å². The highest BCUT2D eigenvalue weighted by Crippen LogP contribution is 2.40. The summed E-state index contributed by atoms with van der Waals surface area (Å²) in [5, 5.41) is 0. The summed E-state index contributed by atoms with van der Waals surface area (Å²) in [6, 6.07) is 16.1. The molecule has 1 heterocycles. The zero-order valence-electron chi connectivity index (χ0n) is 21.6. The van der Waals surface area contributed by atoms with E-state index < -0.39 is 15.8 Å². The molecule has 3 aromatic rings. The van der Waals surface area contributed by atoms with E-state index >= 15 is 0 Å². The molecular formula is C28H33FN2O5S. The first kappa shape index (κ1) is 26.8. The zero-order valence-corrected chi connectivity index (χ0v) is 22.4. The van der Waals surface area contributed by atoms with Gasteiger partial charge >= 0.3 is 0 Å². The fourth-order valence-electron chi connectivity index (χ4n) is 4.86. The summed E-state index contributed by atoms with van der Waals surface area (Å²) < 4.78 is 59.3. The molecule has 1 aliphatic heterocycles. The van der Waals surface area contributed by atoms with Crippen molar-refractivity contribution in [3.05, 3.63) is 77.6 Å². The number of ether oxygens (including phenoxy) is 3. The molecule has 0 radical (unpaired) electrons. The molecule has 0 atom stereocenters. The third-order valence-electron chi connectivity index (χ3n) is 6.70. The van der Waals surface area contributed by atoms with E-state index in [1.54, 1.807) is 39.5 Å². The molecule has 0 saturated carbocycles. The van der Waals surface area contributed by atoms with Gasteiger partial charge in [-0.25, -0.2) is 12.8 Å². The predicted molar refractivity (Wildman–Crippen MR) is 142 cm³/mol. The van der Waals surface area contributed by atoms with Gasteiger partial charge in [0.05, 0.1) is 31.9 Å². The number of rotatable bonds is 9. The van der Waals surface area contributed by atoms with Crippen LogP contribution in [0.1, 0.15) is 24.0 Å². The van der Waals surface area contributed by atoms with Gasteiger partial charge in [0.2, 0.25) is 5.75 Å². The van der Waals surface area contributed by atoms with Gasteiger partial charge in [-0.2, -0.15) is 0 Å². The van der Waals surface area contributed by atoms with Gasteiger partial charge < -0.3 is 14.2 Å². The lowest BCUT2D eigenvalue weighted by molar-refractivity contribution is 0.203. The number of likely N-dealkylation sites (tertiary alicyclic amines) is 1. The number of benzene rings is 3. The lowest BCUT2D eigenvalue weighted by Gasteiger charge is -2.39. The minimum absolute atomic E-state index is 0.231. The summed E-state index contributed by atoms with van der Waals surface area (Å²) in [5.41, 5.74) is 2.28. The molecule has 37 heavy (non-hydrogen) atoms. The summed E-state index contributed by atoms with van der Waals surface area (Å²) in [4.78, 5) is 2.50. The molecule has 0 bridgehead atoms. The van der Waals surface area contributed by atoms with Crippen molar-refractivity contribution in [2.24, 2.45) is 0 Å². The molecule has 0 aromatic heterocycles. The van der Waals surface area contributed by atoms with Crippen molar-refractivity contribution in [2.75, 3.05) is 38.7 Å². The zero-order chi connectivity index (χ0) is 26.6. The van der Waals surface area contributed by atoms with E-state index in [2.05, 4.69) is 4.90 Å². The minimum atomic E-state index is -3.85. The SMILES string of the molecule is COc1ccc(CN2CCC(N(c3ccc(F)cc3)S(=O)(=O)c3cccc(C)c3)CC2)c(OC)c1OC. The Balaban J connectivity index is 1.57. The van der Waals surface area contributed by atoms with Crippen LogP contribution in [0.3, 0.4) is 0 Å². The Morgan fingerprint density at radius 3 is 2.19 bits per heavy atom. The molecule has 1 aliphatic rings. The van der Waals surface area contributed by atoms with Crippen LogP contribution in [0.5, 0.6) is 17.2 Å². The van der Waals surface area contributed by atoms with Gasteiger partial charge in [-0.15, -0.1) is 0 Å². The van der Waals surface area contributed by atoms with Gasteiger partial charge in [-0.1, -0.05) is 18.2 Å². The number of aryl methyl sites for hydroxylation is 1. The van der Waals surface area contributed by atoms with Gasteiger partial charge in [-0.3, -0.25) is 9.21 Å². The van der Waals surface area contributed by atoms with Gasteiger partial charge in [0, 0.05) is 31.2 Å².